The van der Waals surface area contributed by atoms with Crippen molar-refractivity contribution in [3.8, 4) is 0 Å². The van der Waals surface area contributed by atoms with Gasteiger partial charge < -0.3 is 5.32 Å². The standard InChI is InChI=1S/C21H21Cl3N2OS/c22-15-1-2-17(23)14(4-15)5-16-10-25-19(28-16)26-18(27)20-6-12-3-13(7-20)9-21(24,8-12)11-20/h1-2,4,10,12-13H,3,5-9,11H2,(H,25,26,27)/t12-,13-,20?,21?/m1/s1. The van der Waals surface area contributed by atoms with Gasteiger partial charge in [-0.2, -0.15) is 0 Å². The second-order valence-corrected chi connectivity index (χ2v) is 11.7. The van der Waals surface area contributed by atoms with Gasteiger partial charge in [0.15, 0.2) is 5.13 Å². The molecule has 0 saturated heterocycles. The molecule has 3 nitrogen and oxygen atoms in total. The number of nitrogens with zero attached hydrogens (tertiary/aromatic N) is 1. The summed E-state index contributed by atoms with van der Waals surface area (Å²) in [5.41, 5.74) is 0.648. The van der Waals surface area contributed by atoms with Gasteiger partial charge >= 0.3 is 0 Å². The Morgan fingerprint density at radius 1 is 1.21 bits per heavy atom. The minimum Gasteiger partial charge on any atom is -0.301 e. The van der Waals surface area contributed by atoms with E-state index in [-0.39, 0.29) is 16.2 Å². The van der Waals surface area contributed by atoms with E-state index >= 15 is 0 Å². The number of benzene rings is 1. The summed E-state index contributed by atoms with van der Waals surface area (Å²) in [6.07, 6.45) is 8.58. The number of rotatable bonds is 4. The molecule has 4 bridgehead atoms. The van der Waals surface area contributed by atoms with E-state index in [9.17, 15) is 4.79 Å². The lowest BCUT2D eigenvalue weighted by Crippen LogP contribution is -2.57. The summed E-state index contributed by atoms with van der Waals surface area (Å²) in [5, 5.41) is 5.10. The fourth-order valence-electron chi connectivity index (χ4n) is 5.96. The summed E-state index contributed by atoms with van der Waals surface area (Å²) in [5.74, 6) is 1.30. The first-order valence-electron chi connectivity index (χ1n) is 9.72. The normalized spacial score (nSPS) is 33.2. The van der Waals surface area contributed by atoms with Crippen molar-refractivity contribution >= 4 is 57.2 Å². The zero-order valence-corrected chi connectivity index (χ0v) is 18.4. The first-order chi connectivity index (χ1) is 13.3. The Kier molecular flexibility index (Phi) is 4.70. The molecule has 4 aliphatic rings. The van der Waals surface area contributed by atoms with Crippen molar-refractivity contribution in [1.82, 2.24) is 4.98 Å². The smallest absolute Gasteiger partial charge is 0.232 e. The number of halogens is 3. The Hall–Kier alpha value is -0.810. The Morgan fingerprint density at radius 3 is 2.68 bits per heavy atom. The molecule has 4 fully saturated rings. The number of thiazole rings is 1. The first-order valence-corrected chi connectivity index (χ1v) is 11.7. The molecule has 1 aromatic heterocycles. The summed E-state index contributed by atoms with van der Waals surface area (Å²) in [6, 6.07) is 5.45. The van der Waals surface area contributed by atoms with Crippen LogP contribution >= 0.6 is 46.1 Å². The summed E-state index contributed by atoms with van der Waals surface area (Å²) in [6.45, 7) is 0. The van der Waals surface area contributed by atoms with Gasteiger partial charge in [0.25, 0.3) is 0 Å². The van der Waals surface area contributed by atoms with Crippen LogP contribution in [-0.2, 0) is 11.2 Å². The molecule has 0 radical (unpaired) electrons. The van der Waals surface area contributed by atoms with Gasteiger partial charge in [0, 0.05) is 32.4 Å². The maximum Gasteiger partial charge on any atom is 0.232 e. The Morgan fingerprint density at radius 2 is 1.96 bits per heavy atom. The van der Waals surface area contributed by atoms with Crippen LogP contribution in [0.2, 0.25) is 10.0 Å². The highest BCUT2D eigenvalue weighted by Gasteiger charge is 2.60. The lowest BCUT2D eigenvalue weighted by molar-refractivity contribution is -0.138. The topological polar surface area (TPSA) is 42.0 Å². The van der Waals surface area contributed by atoms with Crippen molar-refractivity contribution in [3.63, 3.8) is 0 Å². The Labute approximate surface area is 183 Å². The average molecular weight is 456 g/mol. The molecule has 1 aromatic carbocycles. The molecule has 0 unspecified atom stereocenters. The lowest BCUT2D eigenvalue weighted by Gasteiger charge is -2.59. The highest BCUT2D eigenvalue weighted by molar-refractivity contribution is 7.15. The third kappa shape index (κ3) is 3.47. The number of amides is 1. The summed E-state index contributed by atoms with van der Waals surface area (Å²) < 4.78 is 0. The maximum absolute atomic E-state index is 13.2. The first kappa shape index (κ1) is 19.2. The van der Waals surface area contributed by atoms with Crippen molar-refractivity contribution < 1.29 is 4.79 Å². The molecular formula is C21H21Cl3N2OS. The molecule has 4 aliphatic carbocycles. The molecule has 1 N–H and O–H groups in total. The maximum atomic E-state index is 13.2. The molecule has 7 heteroatoms. The molecule has 0 spiro atoms. The van der Waals surface area contributed by atoms with Gasteiger partial charge in [0.05, 0.1) is 5.41 Å². The minimum atomic E-state index is -0.312. The van der Waals surface area contributed by atoms with Crippen molar-refractivity contribution in [1.29, 1.82) is 0 Å². The SMILES string of the molecule is O=C(Nc1ncc(Cc2cc(Cl)ccc2Cl)s1)C12C[C@H]3C[C@@H](CC(Cl)(C3)C1)C2. The number of hydrogen-bond donors (Lipinski definition) is 1. The molecule has 148 valence electrons. The number of nitrogens with one attached hydrogen (secondary N) is 1. The van der Waals surface area contributed by atoms with Crippen molar-refractivity contribution in [2.24, 2.45) is 17.3 Å². The number of hydrogen-bond acceptors (Lipinski definition) is 3. The van der Waals surface area contributed by atoms with E-state index in [0.717, 1.165) is 42.5 Å². The number of anilines is 1. The van der Waals surface area contributed by atoms with E-state index in [1.165, 1.54) is 17.8 Å². The summed E-state index contributed by atoms with van der Waals surface area (Å²) in [4.78, 5) is 18.5. The molecule has 2 atom stereocenters. The van der Waals surface area contributed by atoms with Crippen LogP contribution in [0.15, 0.2) is 24.4 Å². The third-order valence-electron chi connectivity index (χ3n) is 6.62. The zero-order chi connectivity index (χ0) is 19.5. The zero-order valence-electron chi connectivity index (χ0n) is 15.3. The van der Waals surface area contributed by atoms with Crippen LogP contribution in [0.3, 0.4) is 0 Å². The van der Waals surface area contributed by atoms with Gasteiger partial charge in [-0.05, 0) is 74.1 Å². The van der Waals surface area contributed by atoms with Crippen molar-refractivity contribution in [2.75, 3.05) is 5.32 Å². The number of carbonyl (C=O) groups is 1. The molecule has 6 rings (SSSR count). The third-order valence-corrected chi connectivity index (χ3v) is 8.58. The molecular weight excluding hydrogens is 435 g/mol. The predicted molar refractivity (Wildman–Crippen MR) is 116 cm³/mol. The molecule has 4 saturated carbocycles. The summed E-state index contributed by atoms with van der Waals surface area (Å²) >= 11 is 20.7. The second-order valence-electron chi connectivity index (χ2n) is 8.89. The molecule has 0 aliphatic heterocycles. The van der Waals surface area contributed by atoms with Crippen LogP contribution in [0.4, 0.5) is 5.13 Å². The Bertz CT molecular complexity index is 929. The number of carbonyl (C=O) groups excluding carboxylic acids is 1. The van der Waals surface area contributed by atoms with Gasteiger partial charge in [-0.15, -0.1) is 22.9 Å². The van der Waals surface area contributed by atoms with Gasteiger partial charge in [-0.3, -0.25) is 4.79 Å². The van der Waals surface area contributed by atoms with Crippen LogP contribution in [0.5, 0.6) is 0 Å². The molecule has 28 heavy (non-hydrogen) atoms. The van der Waals surface area contributed by atoms with E-state index in [1.807, 2.05) is 6.07 Å². The van der Waals surface area contributed by atoms with Gasteiger partial charge in [0.1, 0.15) is 0 Å². The van der Waals surface area contributed by atoms with E-state index in [2.05, 4.69) is 10.3 Å². The van der Waals surface area contributed by atoms with Crippen LogP contribution in [0.1, 0.15) is 49.0 Å². The second kappa shape index (κ2) is 6.87. The van der Waals surface area contributed by atoms with Crippen molar-refractivity contribution in [3.05, 3.63) is 44.9 Å². The van der Waals surface area contributed by atoms with Gasteiger partial charge in [-0.1, -0.05) is 23.2 Å². The lowest BCUT2D eigenvalue weighted by atomic mass is 9.49. The molecule has 1 heterocycles. The van der Waals surface area contributed by atoms with Crippen LogP contribution in [0.25, 0.3) is 0 Å². The van der Waals surface area contributed by atoms with Crippen LogP contribution in [0, 0.1) is 17.3 Å². The molecule has 2 aromatic rings. The minimum absolute atomic E-state index is 0.105. The Balaban J connectivity index is 1.31. The quantitative estimate of drug-likeness (QED) is 0.531. The van der Waals surface area contributed by atoms with E-state index in [4.69, 9.17) is 34.8 Å². The largest absolute Gasteiger partial charge is 0.301 e. The van der Waals surface area contributed by atoms with Crippen LogP contribution < -0.4 is 5.32 Å². The van der Waals surface area contributed by atoms with E-state index < -0.39 is 0 Å². The molecule has 1 amide bonds. The predicted octanol–water partition coefficient (Wildman–Crippen LogP) is 6.56. The highest BCUT2D eigenvalue weighted by atomic mass is 35.5. The monoisotopic (exact) mass is 454 g/mol. The number of alkyl halides is 1. The van der Waals surface area contributed by atoms with E-state index in [0.29, 0.717) is 33.4 Å². The highest BCUT2D eigenvalue weighted by Crippen LogP contribution is 2.64. The fourth-order valence-corrected chi connectivity index (χ4v) is 7.86. The van der Waals surface area contributed by atoms with Gasteiger partial charge in [-0.25, -0.2) is 4.98 Å². The van der Waals surface area contributed by atoms with E-state index in [1.54, 1.807) is 18.3 Å². The van der Waals surface area contributed by atoms with Crippen molar-refractivity contribution in [2.45, 2.75) is 49.8 Å². The average Bonchev–Trinajstić information content (AvgIpc) is 3.03. The van der Waals surface area contributed by atoms with Crippen LogP contribution in [-0.4, -0.2) is 15.8 Å². The number of aromatic nitrogens is 1. The fraction of sp³-hybridized carbons (Fsp3) is 0.524. The summed E-state index contributed by atoms with van der Waals surface area (Å²) in [7, 11) is 0. The van der Waals surface area contributed by atoms with Gasteiger partial charge in [0.2, 0.25) is 5.91 Å².